The van der Waals surface area contributed by atoms with E-state index in [1.165, 1.54) is 74.1 Å². The van der Waals surface area contributed by atoms with Crippen molar-refractivity contribution in [2.45, 2.75) is 51.0 Å². The van der Waals surface area contributed by atoms with E-state index < -0.39 is 0 Å². The summed E-state index contributed by atoms with van der Waals surface area (Å²) >= 11 is 1.90. The van der Waals surface area contributed by atoms with Gasteiger partial charge < -0.3 is 4.90 Å². The smallest absolute Gasteiger partial charge is 0.141 e. The molecular formula is C18H24N4S. The highest BCUT2D eigenvalue weighted by molar-refractivity contribution is 7.19. The van der Waals surface area contributed by atoms with Crippen LogP contribution in [-0.4, -0.2) is 47.1 Å². The second-order valence-corrected chi connectivity index (χ2v) is 8.28. The molecular weight excluding hydrogens is 304 g/mol. The normalized spacial score (nSPS) is 23.0. The van der Waals surface area contributed by atoms with Crippen LogP contribution in [0.2, 0.25) is 0 Å². The van der Waals surface area contributed by atoms with Crippen molar-refractivity contribution >= 4 is 27.4 Å². The molecule has 2 aromatic heterocycles. The maximum atomic E-state index is 4.71. The van der Waals surface area contributed by atoms with Gasteiger partial charge in [0.15, 0.2) is 0 Å². The molecule has 0 aromatic carbocycles. The van der Waals surface area contributed by atoms with Crippen molar-refractivity contribution in [3.8, 4) is 0 Å². The summed E-state index contributed by atoms with van der Waals surface area (Å²) in [5.41, 5.74) is 1.55. The topological polar surface area (TPSA) is 32.3 Å². The highest BCUT2D eigenvalue weighted by atomic mass is 32.1. The predicted molar refractivity (Wildman–Crippen MR) is 95.5 cm³/mol. The van der Waals surface area contributed by atoms with E-state index in [2.05, 4.69) is 14.8 Å². The number of fused-ring (bicyclic) bond motifs is 3. The maximum Gasteiger partial charge on any atom is 0.141 e. The lowest BCUT2D eigenvalue weighted by Gasteiger charge is -2.38. The Morgan fingerprint density at radius 2 is 1.78 bits per heavy atom. The summed E-state index contributed by atoms with van der Waals surface area (Å²) < 4.78 is 0. The Balaban J connectivity index is 1.41. The Kier molecular flexibility index (Phi) is 3.52. The molecule has 0 unspecified atom stereocenters. The molecule has 1 saturated heterocycles. The first kappa shape index (κ1) is 14.2. The number of hydrogen-bond acceptors (Lipinski definition) is 5. The third-order valence-electron chi connectivity index (χ3n) is 5.94. The highest BCUT2D eigenvalue weighted by Crippen LogP contribution is 2.40. The van der Waals surface area contributed by atoms with Crippen LogP contribution in [0.4, 0.5) is 5.82 Å². The van der Waals surface area contributed by atoms with Crippen LogP contribution in [0.25, 0.3) is 10.2 Å². The predicted octanol–water partition coefficient (Wildman–Crippen LogP) is 3.24. The zero-order valence-electron chi connectivity index (χ0n) is 13.6. The summed E-state index contributed by atoms with van der Waals surface area (Å²) in [5, 5.41) is 1.37. The molecule has 2 aromatic rings. The van der Waals surface area contributed by atoms with Crippen molar-refractivity contribution in [2.24, 2.45) is 0 Å². The largest absolute Gasteiger partial charge is 0.353 e. The second-order valence-electron chi connectivity index (χ2n) is 7.20. The van der Waals surface area contributed by atoms with Crippen molar-refractivity contribution in [2.75, 3.05) is 31.1 Å². The Morgan fingerprint density at radius 3 is 2.61 bits per heavy atom. The average Bonchev–Trinajstić information content (AvgIpc) is 3.31. The van der Waals surface area contributed by atoms with Gasteiger partial charge in [0.2, 0.25) is 0 Å². The lowest BCUT2D eigenvalue weighted by Crippen LogP contribution is -2.50. The first-order chi connectivity index (χ1) is 11.4. The van der Waals surface area contributed by atoms with Gasteiger partial charge in [-0.1, -0.05) is 12.8 Å². The van der Waals surface area contributed by atoms with Crippen LogP contribution in [-0.2, 0) is 12.8 Å². The Morgan fingerprint density at radius 1 is 0.957 bits per heavy atom. The number of rotatable bonds is 2. The molecule has 5 rings (SSSR count). The summed E-state index contributed by atoms with van der Waals surface area (Å²) in [6, 6.07) is 0.855. The van der Waals surface area contributed by atoms with Gasteiger partial charge in [-0.25, -0.2) is 9.97 Å². The van der Waals surface area contributed by atoms with Gasteiger partial charge in [0, 0.05) is 37.1 Å². The molecule has 1 saturated carbocycles. The van der Waals surface area contributed by atoms with Crippen LogP contribution in [0, 0.1) is 0 Å². The Bertz CT molecular complexity index is 711. The monoisotopic (exact) mass is 328 g/mol. The van der Waals surface area contributed by atoms with Crippen LogP contribution in [0.5, 0.6) is 0 Å². The zero-order valence-corrected chi connectivity index (χ0v) is 14.4. The molecule has 1 aliphatic heterocycles. The fourth-order valence-electron chi connectivity index (χ4n) is 4.72. The van der Waals surface area contributed by atoms with E-state index in [0.29, 0.717) is 0 Å². The summed E-state index contributed by atoms with van der Waals surface area (Å²) in [4.78, 5) is 17.3. The van der Waals surface area contributed by atoms with E-state index in [0.717, 1.165) is 19.1 Å². The van der Waals surface area contributed by atoms with Gasteiger partial charge in [0.05, 0.1) is 5.39 Å². The molecule has 0 radical (unpaired) electrons. The minimum Gasteiger partial charge on any atom is -0.353 e. The number of thiophene rings is 1. The van der Waals surface area contributed by atoms with Gasteiger partial charge in [-0.3, -0.25) is 4.90 Å². The van der Waals surface area contributed by atoms with Gasteiger partial charge in [0.25, 0.3) is 0 Å². The molecule has 2 aliphatic carbocycles. The van der Waals surface area contributed by atoms with E-state index in [1.54, 1.807) is 16.8 Å². The first-order valence-electron chi connectivity index (χ1n) is 9.14. The Labute approximate surface area is 141 Å². The van der Waals surface area contributed by atoms with Crippen molar-refractivity contribution < 1.29 is 0 Å². The molecule has 0 amide bonds. The standard InChI is InChI=1S/C18H24N4S/c1-2-5-13(4-1)21-8-10-22(11-9-21)17-16-14-6-3-7-15(14)23-18(16)20-12-19-17/h12-13H,1-11H2. The van der Waals surface area contributed by atoms with Gasteiger partial charge in [0.1, 0.15) is 17.0 Å². The van der Waals surface area contributed by atoms with E-state index in [4.69, 9.17) is 4.98 Å². The second kappa shape index (κ2) is 5.71. The van der Waals surface area contributed by atoms with E-state index in [9.17, 15) is 0 Å². The van der Waals surface area contributed by atoms with Crippen LogP contribution in [0.3, 0.4) is 0 Å². The number of anilines is 1. The lowest BCUT2D eigenvalue weighted by atomic mass is 10.1. The van der Waals surface area contributed by atoms with Crippen molar-refractivity contribution in [1.82, 2.24) is 14.9 Å². The molecule has 3 aliphatic rings. The van der Waals surface area contributed by atoms with Crippen molar-refractivity contribution in [3.05, 3.63) is 16.8 Å². The van der Waals surface area contributed by atoms with Crippen LogP contribution in [0.15, 0.2) is 6.33 Å². The minimum atomic E-state index is 0.855. The highest BCUT2D eigenvalue weighted by Gasteiger charge is 2.29. The van der Waals surface area contributed by atoms with Crippen LogP contribution >= 0.6 is 11.3 Å². The third-order valence-corrected chi connectivity index (χ3v) is 7.14. The molecule has 0 bridgehead atoms. The van der Waals surface area contributed by atoms with Crippen LogP contribution < -0.4 is 4.90 Å². The quantitative estimate of drug-likeness (QED) is 0.847. The lowest BCUT2D eigenvalue weighted by molar-refractivity contribution is 0.187. The minimum absolute atomic E-state index is 0.855. The number of piperazine rings is 1. The van der Waals surface area contributed by atoms with Crippen molar-refractivity contribution in [1.29, 1.82) is 0 Å². The summed E-state index contributed by atoms with van der Waals surface area (Å²) in [6.45, 7) is 4.63. The molecule has 0 spiro atoms. The van der Waals surface area contributed by atoms with E-state index >= 15 is 0 Å². The molecule has 4 nitrogen and oxygen atoms in total. The Hall–Kier alpha value is -1.20. The average molecular weight is 328 g/mol. The fraction of sp³-hybridized carbons (Fsp3) is 0.667. The molecule has 0 atom stereocenters. The van der Waals surface area contributed by atoms with Crippen molar-refractivity contribution in [3.63, 3.8) is 0 Å². The van der Waals surface area contributed by atoms with Gasteiger partial charge in [-0.05, 0) is 37.7 Å². The fourth-order valence-corrected chi connectivity index (χ4v) is 5.94. The zero-order chi connectivity index (χ0) is 15.2. The van der Waals surface area contributed by atoms with Gasteiger partial charge >= 0.3 is 0 Å². The molecule has 23 heavy (non-hydrogen) atoms. The van der Waals surface area contributed by atoms with E-state index in [1.807, 2.05) is 11.3 Å². The van der Waals surface area contributed by atoms with Gasteiger partial charge in [-0.15, -0.1) is 11.3 Å². The summed E-state index contributed by atoms with van der Waals surface area (Å²) in [6.07, 6.45) is 11.2. The van der Waals surface area contributed by atoms with Gasteiger partial charge in [-0.2, -0.15) is 0 Å². The number of aromatic nitrogens is 2. The SMILES string of the molecule is c1nc(N2CCN(C3CCCC3)CC2)c2c3c(sc2n1)CCC3. The molecule has 3 heterocycles. The van der Waals surface area contributed by atoms with Crippen LogP contribution in [0.1, 0.15) is 42.5 Å². The molecule has 5 heteroatoms. The number of hydrogen-bond donors (Lipinski definition) is 0. The third kappa shape index (κ3) is 2.36. The number of nitrogens with zero attached hydrogens (tertiary/aromatic N) is 4. The summed E-state index contributed by atoms with van der Waals surface area (Å²) in [7, 11) is 0. The first-order valence-corrected chi connectivity index (χ1v) is 9.96. The molecule has 122 valence electrons. The molecule has 2 fully saturated rings. The maximum absolute atomic E-state index is 4.71. The summed E-state index contributed by atoms with van der Waals surface area (Å²) in [5.74, 6) is 1.21. The molecule has 0 N–H and O–H groups in total. The van der Waals surface area contributed by atoms with E-state index in [-0.39, 0.29) is 0 Å². The number of aryl methyl sites for hydroxylation is 2.